The Morgan fingerprint density at radius 3 is 2.84 bits per heavy atom. The molecule has 0 saturated carbocycles. The van der Waals surface area contributed by atoms with Crippen LogP contribution in [-0.2, 0) is 0 Å². The van der Waals surface area contributed by atoms with Crippen LogP contribution < -0.4 is 5.32 Å². The van der Waals surface area contributed by atoms with Gasteiger partial charge in [-0.05, 0) is 48.0 Å². The average Bonchev–Trinajstić information content (AvgIpc) is 2.75. The maximum atomic E-state index is 12.2. The van der Waals surface area contributed by atoms with E-state index in [0.717, 1.165) is 9.88 Å². The highest BCUT2D eigenvalue weighted by molar-refractivity contribution is 9.10. The Kier molecular flexibility index (Phi) is 4.60. The number of halogens is 2. The third-order valence-corrected chi connectivity index (χ3v) is 4.52. The van der Waals surface area contributed by atoms with Crippen molar-refractivity contribution in [1.29, 1.82) is 0 Å². The Bertz CT molecular complexity index is 614. The molecule has 1 unspecified atom stereocenters. The van der Waals surface area contributed by atoms with Crippen LogP contribution in [0.25, 0.3) is 0 Å². The topological polar surface area (TPSA) is 42.0 Å². The van der Waals surface area contributed by atoms with Gasteiger partial charge in [0.1, 0.15) is 5.01 Å². The van der Waals surface area contributed by atoms with Crippen molar-refractivity contribution < 1.29 is 4.79 Å². The molecule has 0 bridgehead atoms. The lowest BCUT2D eigenvalue weighted by molar-refractivity contribution is 0.0939. The van der Waals surface area contributed by atoms with Crippen LogP contribution in [0.2, 0.25) is 5.02 Å². The fourth-order valence-electron chi connectivity index (χ4n) is 1.58. The van der Waals surface area contributed by atoms with Crippen molar-refractivity contribution in [3.8, 4) is 0 Å². The number of amides is 1. The quantitative estimate of drug-likeness (QED) is 0.885. The van der Waals surface area contributed by atoms with Crippen molar-refractivity contribution in [3.63, 3.8) is 0 Å². The van der Waals surface area contributed by atoms with E-state index in [1.807, 2.05) is 13.8 Å². The van der Waals surface area contributed by atoms with Gasteiger partial charge in [-0.2, -0.15) is 0 Å². The number of rotatable bonds is 3. The number of carbonyl (C=O) groups is 1. The van der Waals surface area contributed by atoms with Gasteiger partial charge in [0, 0.05) is 20.6 Å². The molecule has 19 heavy (non-hydrogen) atoms. The number of nitrogens with zero attached hydrogens (tertiary/aromatic N) is 1. The largest absolute Gasteiger partial charge is 0.343 e. The van der Waals surface area contributed by atoms with Gasteiger partial charge in [0.25, 0.3) is 5.91 Å². The first kappa shape index (κ1) is 14.5. The number of nitrogens with one attached hydrogen (secondary N) is 1. The van der Waals surface area contributed by atoms with E-state index in [1.54, 1.807) is 35.7 Å². The van der Waals surface area contributed by atoms with Gasteiger partial charge in [0.15, 0.2) is 0 Å². The van der Waals surface area contributed by atoms with Gasteiger partial charge in [-0.1, -0.05) is 11.6 Å². The van der Waals surface area contributed by atoms with Gasteiger partial charge in [-0.15, -0.1) is 11.3 Å². The normalized spacial score (nSPS) is 12.2. The highest BCUT2D eigenvalue weighted by Crippen LogP contribution is 2.23. The molecule has 0 radical (unpaired) electrons. The molecule has 1 atom stereocenters. The zero-order valence-electron chi connectivity index (χ0n) is 10.4. The van der Waals surface area contributed by atoms with E-state index in [9.17, 15) is 4.79 Å². The second-order valence-corrected chi connectivity index (χ2v) is 6.69. The summed E-state index contributed by atoms with van der Waals surface area (Å²) in [6.45, 7) is 3.91. The third-order valence-electron chi connectivity index (χ3n) is 2.53. The zero-order chi connectivity index (χ0) is 14.0. The smallest absolute Gasteiger partial charge is 0.252 e. The van der Waals surface area contributed by atoms with Crippen LogP contribution in [0.3, 0.4) is 0 Å². The Labute approximate surface area is 129 Å². The van der Waals surface area contributed by atoms with Gasteiger partial charge < -0.3 is 5.32 Å². The van der Waals surface area contributed by atoms with Crippen molar-refractivity contribution in [2.75, 3.05) is 0 Å². The molecule has 2 rings (SSSR count). The lowest BCUT2D eigenvalue weighted by Gasteiger charge is -2.12. The highest BCUT2D eigenvalue weighted by Gasteiger charge is 2.16. The third kappa shape index (κ3) is 3.55. The molecule has 1 aromatic heterocycles. The van der Waals surface area contributed by atoms with Crippen LogP contribution in [0.15, 0.2) is 28.9 Å². The Balaban J connectivity index is 2.12. The van der Waals surface area contributed by atoms with Crippen molar-refractivity contribution in [3.05, 3.63) is 49.3 Å². The van der Waals surface area contributed by atoms with E-state index in [1.165, 1.54) is 0 Å². The van der Waals surface area contributed by atoms with E-state index in [0.29, 0.717) is 15.1 Å². The van der Waals surface area contributed by atoms with E-state index in [-0.39, 0.29) is 11.9 Å². The van der Waals surface area contributed by atoms with Crippen LogP contribution in [-0.4, -0.2) is 10.9 Å². The molecule has 1 amide bonds. The summed E-state index contributed by atoms with van der Waals surface area (Å²) in [6, 6.07) is 4.98. The molecule has 1 aromatic carbocycles. The second-order valence-electron chi connectivity index (χ2n) is 4.13. The molecule has 0 aliphatic carbocycles. The minimum Gasteiger partial charge on any atom is -0.343 e. The van der Waals surface area contributed by atoms with E-state index in [2.05, 4.69) is 26.2 Å². The number of hydrogen-bond acceptors (Lipinski definition) is 3. The number of aryl methyl sites for hydroxylation is 1. The van der Waals surface area contributed by atoms with Crippen molar-refractivity contribution >= 4 is 44.8 Å². The van der Waals surface area contributed by atoms with E-state index >= 15 is 0 Å². The fraction of sp³-hybridized carbons (Fsp3) is 0.231. The number of aromatic nitrogens is 1. The van der Waals surface area contributed by atoms with Gasteiger partial charge >= 0.3 is 0 Å². The predicted molar refractivity (Wildman–Crippen MR) is 81.9 cm³/mol. The molecule has 0 aliphatic heterocycles. The molecule has 0 spiro atoms. The lowest BCUT2D eigenvalue weighted by atomic mass is 10.2. The summed E-state index contributed by atoms with van der Waals surface area (Å²) in [6.07, 6.45) is 1.81. The Morgan fingerprint density at radius 1 is 1.53 bits per heavy atom. The fourth-order valence-corrected chi connectivity index (χ4v) is 3.22. The second kappa shape index (κ2) is 6.03. The summed E-state index contributed by atoms with van der Waals surface area (Å²) in [4.78, 5) is 17.6. The molecule has 1 heterocycles. The molecular weight excluding hydrogens is 348 g/mol. The van der Waals surface area contributed by atoms with Gasteiger partial charge in [-0.25, -0.2) is 4.98 Å². The van der Waals surface area contributed by atoms with Crippen LogP contribution >= 0.6 is 38.9 Å². The van der Waals surface area contributed by atoms with Crippen molar-refractivity contribution in [2.24, 2.45) is 0 Å². The van der Waals surface area contributed by atoms with Crippen LogP contribution in [0.4, 0.5) is 0 Å². The van der Waals surface area contributed by atoms with Gasteiger partial charge in [-0.3, -0.25) is 4.79 Å². The van der Waals surface area contributed by atoms with Crippen LogP contribution in [0.5, 0.6) is 0 Å². The molecule has 0 aliphatic rings. The summed E-state index contributed by atoms with van der Waals surface area (Å²) in [5.41, 5.74) is 0.560. The first-order chi connectivity index (χ1) is 8.97. The van der Waals surface area contributed by atoms with Gasteiger partial charge in [0.05, 0.1) is 11.6 Å². The minimum absolute atomic E-state index is 0.117. The summed E-state index contributed by atoms with van der Waals surface area (Å²) >= 11 is 10.8. The van der Waals surface area contributed by atoms with E-state index in [4.69, 9.17) is 11.6 Å². The maximum absolute atomic E-state index is 12.2. The predicted octanol–water partition coefficient (Wildman–Crippen LogP) is 4.36. The monoisotopic (exact) mass is 358 g/mol. The SMILES string of the molecule is Cc1cnc(C(C)NC(=O)c2ccc(Cl)cc2Br)s1. The molecule has 6 heteroatoms. The highest BCUT2D eigenvalue weighted by atomic mass is 79.9. The van der Waals surface area contributed by atoms with Gasteiger partial charge in [0.2, 0.25) is 0 Å². The molecule has 2 aromatic rings. The number of hydrogen-bond donors (Lipinski definition) is 1. The lowest BCUT2D eigenvalue weighted by Crippen LogP contribution is -2.26. The summed E-state index contributed by atoms with van der Waals surface area (Å²) in [7, 11) is 0. The number of benzene rings is 1. The maximum Gasteiger partial charge on any atom is 0.252 e. The molecule has 1 N–H and O–H groups in total. The summed E-state index contributed by atoms with van der Waals surface area (Å²) < 4.78 is 0.681. The molecule has 0 fully saturated rings. The first-order valence-electron chi connectivity index (χ1n) is 5.65. The Hall–Kier alpha value is -0.910. The molecular formula is C13H12BrClN2OS. The summed E-state index contributed by atoms with van der Waals surface area (Å²) in [5, 5.41) is 4.41. The molecule has 0 saturated heterocycles. The Morgan fingerprint density at radius 2 is 2.26 bits per heavy atom. The standard InChI is InChI=1S/C13H12BrClN2OS/c1-7-6-16-13(19-7)8(2)17-12(18)10-4-3-9(15)5-11(10)14/h3-6,8H,1-2H3,(H,17,18). The molecule has 100 valence electrons. The van der Waals surface area contributed by atoms with Crippen molar-refractivity contribution in [2.45, 2.75) is 19.9 Å². The minimum atomic E-state index is -0.149. The van der Waals surface area contributed by atoms with Crippen LogP contribution in [0.1, 0.15) is 33.2 Å². The summed E-state index contributed by atoms with van der Waals surface area (Å²) in [5.74, 6) is -0.149. The van der Waals surface area contributed by atoms with E-state index < -0.39 is 0 Å². The first-order valence-corrected chi connectivity index (χ1v) is 7.64. The zero-order valence-corrected chi connectivity index (χ0v) is 13.6. The molecule has 3 nitrogen and oxygen atoms in total. The number of carbonyl (C=O) groups excluding carboxylic acids is 1. The van der Waals surface area contributed by atoms with Crippen LogP contribution in [0, 0.1) is 6.92 Å². The van der Waals surface area contributed by atoms with Crippen molar-refractivity contribution in [1.82, 2.24) is 10.3 Å². The number of thiazole rings is 1. The average molecular weight is 360 g/mol.